The number of hydrogen-bond donors (Lipinski definition) is 1. The molecule has 1 unspecified atom stereocenters. The summed E-state index contributed by atoms with van der Waals surface area (Å²) < 4.78 is 0. The number of nitrogens with zero attached hydrogens (tertiary/aromatic N) is 1. The van der Waals surface area contributed by atoms with E-state index in [1.807, 2.05) is 0 Å². The molecule has 0 bridgehead atoms. The van der Waals surface area contributed by atoms with Gasteiger partial charge in [-0.1, -0.05) is 52.9 Å². The van der Waals surface area contributed by atoms with Gasteiger partial charge in [-0.05, 0) is 45.7 Å². The summed E-state index contributed by atoms with van der Waals surface area (Å²) in [6, 6.07) is 0.748. The smallest absolute Gasteiger partial charge is 0.0303 e. The van der Waals surface area contributed by atoms with Crippen molar-refractivity contribution >= 4 is 0 Å². The fourth-order valence-corrected chi connectivity index (χ4v) is 3.45. The molecule has 1 aliphatic heterocycles. The summed E-state index contributed by atoms with van der Waals surface area (Å²) in [5, 5.41) is 3.83. The second-order valence-electron chi connectivity index (χ2n) is 6.79. The average molecular weight is 283 g/mol. The van der Waals surface area contributed by atoms with Crippen molar-refractivity contribution < 1.29 is 0 Å². The third-order valence-electron chi connectivity index (χ3n) is 5.34. The lowest BCUT2D eigenvalue weighted by molar-refractivity contribution is 0.157. The summed E-state index contributed by atoms with van der Waals surface area (Å²) >= 11 is 0. The van der Waals surface area contributed by atoms with Gasteiger partial charge in [-0.3, -0.25) is 4.90 Å². The molecule has 0 aromatic heterocycles. The predicted octanol–water partition coefficient (Wildman–Crippen LogP) is 4.59. The van der Waals surface area contributed by atoms with Crippen LogP contribution in [-0.2, 0) is 0 Å². The molecule has 1 saturated heterocycles. The molecule has 1 rings (SSSR count). The maximum absolute atomic E-state index is 3.83. The van der Waals surface area contributed by atoms with Gasteiger partial charge in [-0.25, -0.2) is 0 Å². The Morgan fingerprint density at radius 2 is 1.65 bits per heavy atom. The molecule has 20 heavy (non-hydrogen) atoms. The molecule has 0 aliphatic carbocycles. The van der Waals surface area contributed by atoms with Gasteiger partial charge in [0, 0.05) is 18.1 Å². The SMILES string of the molecule is CCCCCCCCN1CC(CC)(CC)NCCC1C. The predicted molar refractivity (Wildman–Crippen MR) is 90.3 cm³/mol. The quantitative estimate of drug-likeness (QED) is 0.622. The van der Waals surface area contributed by atoms with E-state index in [0.717, 1.165) is 6.04 Å². The van der Waals surface area contributed by atoms with Gasteiger partial charge in [0.15, 0.2) is 0 Å². The van der Waals surface area contributed by atoms with E-state index in [1.165, 1.54) is 77.4 Å². The van der Waals surface area contributed by atoms with Crippen molar-refractivity contribution in [1.29, 1.82) is 0 Å². The van der Waals surface area contributed by atoms with E-state index < -0.39 is 0 Å². The van der Waals surface area contributed by atoms with Gasteiger partial charge in [-0.2, -0.15) is 0 Å². The molecule has 0 aromatic carbocycles. The highest BCUT2D eigenvalue weighted by molar-refractivity contribution is 4.93. The highest BCUT2D eigenvalue weighted by Crippen LogP contribution is 2.23. The monoisotopic (exact) mass is 282 g/mol. The van der Waals surface area contributed by atoms with E-state index in [1.54, 1.807) is 0 Å². The topological polar surface area (TPSA) is 15.3 Å². The summed E-state index contributed by atoms with van der Waals surface area (Å²) in [4.78, 5) is 2.76. The van der Waals surface area contributed by atoms with Crippen molar-refractivity contribution in [3.63, 3.8) is 0 Å². The lowest BCUT2D eigenvalue weighted by atomic mass is 9.92. The van der Waals surface area contributed by atoms with Crippen LogP contribution in [0.4, 0.5) is 0 Å². The molecule has 1 N–H and O–H groups in total. The Morgan fingerprint density at radius 1 is 1.00 bits per heavy atom. The Balaban J connectivity index is 2.36. The molecule has 0 amide bonds. The molecule has 1 fully saturated rings. The lowest BCUT2D eigenvalue weighted by Gasteiger charge is -2.37. The molecule has 120 valence electrons. The van der Waals surface area contributed by atoms with Crippen molar-refractivity contribution in [2.75, 3.05) is 19.6 Å². The number of rotatable bonds is 9. The molecular formula is C18H38N2. The van der Waals surface area contributed by atoms with Crippen LogP contribution in [0.25, 0.3) is 0 Å². The van der Waals surface area contributed by atoms with Gasteiger partial charge >= 0.3 is 0 Å². The molecule has 0 saturated carbocycles. The van der Waals surface area contributed by atoms with Crippen LogP contribution in [0, 0.1) is 0 Å². The van der Waals surface area contributed by atoms with Gasteiger partial charge in [0.2, 0.25) is 0 Å². The second kappa shape index (κ2) is 9.78. The van der Waals surface area contributed by atoms with E-state index in [9.17, 15) is 0 Å². The van der Waals surface area contributed by atoms with E-state index in [0.29, 0.717) is 5.54 Å². The zero-order chi connectivity index (χ0) is 14.8. The van der Waals surface area contributed by atoms with Crippen molar-refractivity contribution in [1.82, 2.24) is 10.2 Å². The standard InChI is InChI=1S/C18H38N2/c1-5-8-9-10-11-12-15-20-16-18(6-2,7-3)19-14-13-17(20)4/h17,19H,5-16H2,1-4H3. The lowest BCUT2D eigenvalue weighted by Crippen LogP contribution is -2.51. The largest absolute Gasteiger partial charge is 0.310 e. The summed E-state index contributed by atoms with van der Waals surface area (Å²) in [5.41, 5.74) is 0.368. The van der Waals surface area contributed by atoms with Gasteiger partial charge in [0.1, 0.15) is 0 Å². The van der Waals surface area contributed by atoms with Crippen LogP contribution in [-0.4, -0.2) is 36.1 Å². The minimum absolute atomic E-state index is 0.368. The highest BCUT2D eigenvalue weighted by Gasteiger charge is 2.32. The first-order chi connectivity index (χ1) is 9.67. The molecule has 1 atom stereocenters. The maximum Gasteiger partial charge on any atom is 0.0303 e. The van der Waals surface area contributed by atoms with E-state index in [2.05, 4.69) is 37.9 Å². The van der Waals surface area contributed by atoms with Crippen LogP contribution in [0.3, 0.4) is 0 Å². The first kappa shape index (κ1) is 18.0. The van der Waals surface area contributed by atoms with Gasteiger partial charge < -0.3 is 5.32 Å². The Labute approximate surface area is 127 Å². The zero-order valence-electron chi connectivity index (χ0n) is 14.5. The van der Waals surface area contributed by atoms with E-state index in [-0.39, 0.29) is 0 Å². The van der Waals surface area contributed by atoms with Crippen LogP contribution >= 0.6 is 0 Å². The summed E-state index contributed by atoms with van der Waals surface area (Å²) in [7, 11) is 0. The average Bonchev–Trinajstić information content (AvgIpc) is 2.63. The third-order valence-corrected chi connectivity index (χ3v) is 5.34. The van der Waals surface area contributed by atoms with Crippen LogP contribution < -0.4 is 5.32 Å². The maximum atomic E-state index is 3.83. The minimum atomic E-state index is 0.368. The van der Waals surface area contributed by atoms with Gasteiger partial charge in [-0.15, -0.1) is 0 Å². The third kappa shape index (κ3) is 5.73. The van der Waals surface area contributed by atoms with E-state index in [4.69, 9.17) is 0 Å². The molecule has 1 aliphatic rings. The molecular weight excluding hydrogens is 244 g/mol. The van der Waals surface area contributed by atoms with Crippen molar-refractivity contribution in [3.8, 4) is 0 Å². The number of hydrogen-bond acceptors (Lipinski definition) is 2. The van der Waals surface area contributed by atoms with Crippen molar-refractivity contribution in [2.45, 2.75) is 97.1 Å². The van der Waals surface area contributed by atoms with Gasteiger partial charge in [0.05, 0.1) is 0 Å². The van der Waals surface area contributed by atoms with Crippen LogP contribution in [0.2, 0.25) is 0 Å². The molecule has 1 heterocycles. The number of unbranched alkanes of at least 4 members (excludes halogenated alkanes) is 5. The van der Waals surface area contributed by atoms with E-state index >= 15 is 0 Å². The molecule has 0 radical (unpaired) electrons. The number of nitrogens with one attached hydrogen (secondary N) is 1. The summed E-state index contributed by atoms with van der Waals surface area (Å²) in [6.45, 7) is 13.1. The molecule has 0 spiro atoms. The first-order valence-corrected chi connectivity index (χ1v) is 9.16. The van der Waals surface area contributed by atoms with Crippen molar-refractivity contribution in [3.05, 3.63) is 0 Å². The molecule has 2 heteroatoms. The fourth-order valence-electron chi connectivity index (χ4n) is 3.45. The fraction of sp³-hybridized carbons (Fsp3) is 1.00. The Morgan fingerprint density at radius 3 is 2.30 bits per heavy atom. The molecule has 0 aromatic rings. The first-order valence-electron chi connectivity index (χ1n) is 9.16. The highest BCUT2D eigenvalue weighted by atomic mass is 15.2. The normalized spacial score (nSPS) is 23.7. The zero-order valence-corrected chi connectivity index (χ0v) is 14.5. The second-order valence-corrected chi connectivity index (χ2v) is 6.79. The van der Waals surface area contributed by atoms with Crippen molar-refractivity contribution in [2.24, 2.45) is 0 Å². The minimum Gasteiger partial charge on any atom is -0.310 e. The molecule has 2 nitrogen and oxygen atoms in total. The Kier molecular flexibility index (Phi) is 8.79. The Hall–Kier alpha value is -0.0800. The van der Waals surface area contributed by atoms with Crippen LogP contribution in [0.15, 0.2) is 0 Å². The summed E-state index contributed by atoms with van der Waals surface area (Å²) in [6.07, 6.45) is 12.2. The van der Waals surface area contributed by atoms with Crippen LogP contribution in [0.5, 0.6) is 0 Å². The van der Waals surface area contributed by atoms with Gasteiger partial charge in [0.25, 0.3) is 0 Å². The Bertz CT molecular complexity index is 236. The van der Waals surface area contributed by atoms with Crippen LogP contribution in [0.1, 0.15) is 85.5 Å². The summed E-state index contributed by atoms with van der Waals surface area (Å²) in [5.74, 6) is 0.